The fourth-order valence-corrected chi connectivity index (χ4v) is 2.96. The minimum absolute atomic E-state index is 0.140. The molecule has 1 saturated heterocycles. The number of rotatable bonds is 2. The lowest BCUT2D eigenvalue weighted by Crippen LogP contribution is -2.56. The molecule has 20 heavy (non-hydrogen) atoms. The molecule has 3 rings (SSSR count). The summed E-state index contributed by atoms with van der Waals surface area (Å²) in [6, 6.07) is 8.52. The van der Waals surface area contributed by atoms with E-state index in [2.05, 4.69) is 45.0 Å². The van der Waals surface area contributed by atoms with Gasteiger partial charge in [0, 0.05) is 13.1 Å². The van der Waals surface area contributed by atoms with E-state index in [0.29, 0.717) is 13.1 Å². The van der Waals surface area contributed by atoms with Crippen LogP contribution in [0.3, 0.4) is 0 Å². The number of aliphatic hydroxyl groups excluding tert-OH is 1. The topological polar surface area (TPSA) is 40.5 Å². The Labute approximate surface area is 120 Å². The fourth-order valence-electron chi connectivity index (χ4n) is 2.96. The molecule has 3 nitrogen and oxygen atoms in total. The van der Waals surface area contributed by atoms with Crippen LogP contribution in [0, 0.1) is 0 Å². The van der Waals surface area contributed by atoms with Crippen LogP contribution >= 0.6 is 0 Å². The van der Waals surface area contributed by atoms with E-state index >= 15 is 0 Å². The molecule has 0 radical (unpaired) electrons. The van der Waals surface area contributed by atoms with Gasteiger partial charge in [-0.2, -0.15) is 0 Å². The SMILES string of the molecule is CC(C)(C)c1ccc(C2(C(=O)N3CC(O)C3)CC2)cc1. The number of carbonyl (C=O) groups is 1. The number of β-amino-alcohol motifs (C(OH)–C–C–N with tert-alkyl or cyclic N) is 1. The van der Waals surface area contributed by atoms with Crippen LogP contribution < -0.4 is 0 Å². The maximum Gasteiger partial charge on any atom is 0.233 e. The van der Waals surface area contributed by atoms with Gasteiger partial charge in [0.05, 0.1) is 11.5 Å². The normalized spacial score (nSPS) is 21.5. The third kappa shape index (κ3) is 2.14. The number of hydrogen-bond donors (Lipinski definition) is 1. The van der Waals surface area contributed by atoms with Crippen molar-refractivity contribution in [2.24, 2.45) is 0 Å². The molecule has 1 aliphatic carbocycles. The molecule has 108 valence electrons. The van der Waals surface area contributed by atoms with Crippen LogP contribution in [0.4, 0.5) is 0 Å². The van der Waals surface area contributed by atoms with Gasteiger partial charge in [-0.05, 0) is 29.4 Å². The molecule has 0 spiro atoms. The van der Waals surface area contributed by atoms with Gasteiger partial charge in [0.25, 0.3) is 0 Å². The zero-order valence-corrected chi connectivity index (χ0v) is 12.5. The number of amides is 1. The average molecular weight is 273 g/mol. The Balaban J connectivity index is 1.80. The lowest BCUT2D eigenvalue weighted by Gasteiger charge is -2.38. The quantitative estimate of drug-likeness (QED) is 0.897. The van der Waals surface area contributed by atoms with E-state index in [1.165, 1.54) is 5.56 Å². The summed E-state index contributed by atoms with van der Waals surface area (Å²) in [5.41, 5.74) is 2.28. The first-order valence-corrected chi connectivity index (χ1v) is 7.41. The van der Waals surface area contributed by atoms with E-state index in [-0.39, 0.29) is 22.8 Å². The molecule has 2 aliphatic rings. The van der Waals surface area contributed by atoms with Crippen LogP contribution in [-0.2, 0) is 15.6 Å². The monoisotopic (exact) mass is 273 g/mol. The molecule has 1 aromatic carbocycles. The Morgan fingerprint density at radius 1 is 1.20 bits per heavy atom. The van der Waals surface area contributed by atoms with Crippen LogP contribution in [0.1, 0.15) is 44.7 Å². The highest BCUT2D eigenvalue weighted by atomic mass is 16.3. The average Bonchev–Trinajstić information content (AvgIpc) is 3.15. The molecule has 1 aliphatic heterocycles. The second-order valence-electron chi connectivity index (χ2n) is 7.27. The van der Waals surface area contributed by atoms with Crippen molar-refractivity contribution >= 4 is 5.91 Å². The molecule has 1 saturated carbocycles. The summed E-state index contributed by atoms with van der Waals surface area (Å²) >= 11 is 0. The number of nitrogens with zero attached hydrogens (tertiary/aromatic N) is 1. The van der Waals surface area contributed by atoms with Crippen molar-refractivity contribution in [3.05, 3.63) is 35.4 Å². The zero-order chi connectivity index (χ0) is 14.5. The predicted octanol–water partition coefficient (Wildman–Crippen LogP) is 2.22. The minimum Gasteiger partial charge on any atom is -0.389 e. The van der Waals surface area contributed by atoms with E-state index in [1.807, 2.05) is 0 Å². The van der Waals surface area contributed by atoms with Gasteiger partial charge in [-0.3, -0.25) is 4.79 Å². The van der Waals surface area contributed by atoms with Crippen LogP contribution in [0.5, 0.6) is 0 Å². The molecule has 0 atom stereocenters. The molecule has 1 heterocycles. The van der Waals surface area contributed by atoms with E-state index in [1.54, 1.807) is 4.90 Å². The lowest BCUT2D eigenvalue weighted by atomic mass is 9.84. The lowest BCUT2D eigenvalue weighted by molar-refractivity contribution is -0.144. The molecule has 1 aromatic rings. The summed E-state index contributed by atoms with van der Waals surface area (Å²) in [5, 5.41) is 9.36. The third-order valence-corrected chi connectivity index (χ3v) is 4.61. The molecule has 1 amide bonds. The van der Waals surface area contributed by atoms with Crippen LogP contribution in [0.25, 0.3) is 0 Å². The van der Waals surface area contributed by atoms with Crippen LogP contribution in [0.2, 0.25) is 0 Å². The number of hydrogen-bond acceptors (Lipinski definition) is 2. The van der Waals surface area contributed by atoms with E-state index < -0.39 is 0 Å². The van der Waals surface area contributed by atoms with E-state index in [9.17, 15) is 9.90 Å². The van der Waals surface area contributed by atoms with Gasteiger partial charge >= 0.3 is 0 Å². The second-order valence-corrected chi connectivity index (χ2v) is 7.27. The molecular weight excluding hydrogens is 250 g/mol. The number of carbonyl (C=O) groups excluding carboxylic acids is 1. The second kappa shape index (κ2) is 4.32. The summed E-state index contributed by atoms with van der Waals surface area (Å²) in [6.07, 6.45) is 1.55. The molecule has 3 heteroatoms. The summed E-state index contributed by atoms with van der Waals surface area (Å²) in [4.78, 5) is 14.3. The Bertz CT molecular complexity index is 517. The number of likely N-dealkylation sites (tertiary alicyclic amines) is 1. The maximum atomic E-state index is 12.6. The first-order valence-electron chi connectivity index (χ1n) is 7.41. The highest BCUT2D eigenvalue weighted by molar-refractivity contribution is 5.92. The van der Waals surface area contributed by atoms with Crippen molar-refractivity contribution in [1.82, 2.24) is 4.90 Å². The third-order valence-electron chi connectivity index (χ3n) is 4.61. The Morgan fingerprint density at radius 2 is 1.75 bits per heavy atom. The van der Waals surface area contributed by atoms with Gasteiger partial charge in [0.15, 0.2) is 0 Å². The number of aliphatic hydroxyl groups is 1. The van der Waals surface area contributed by atoms with Crippen molar-refractivity contribution in [2.75, 3.05) is 13.1 Å². The van der Waals surface area contributed by atoms with Crippen molar-refractivity contribution < 1.29 is 9.90 Å². The van der Waals surface area contributed by atoms with Gasteiger partial charge in [0.1, 0.15) is 0 Å². The first-order chi connectivity index (χ1) is 9.33. The molecule has 0 unspecified atom stereocenters. The Kier molecular flexibility index (Phi) is 2.94. The fraction of sp³-hybridized carbons (Fsp3) is 0.588. The van der Waals surface area contributed by atoms with Crippen molar-refractivity contribution in [2.45, 2.75) is 50.5 Å². The largest absolute Gasteiger partial charge is 0.389 e. The molecule has 1 N–H and O–H groups in total. The molecular formula is C17H23NO2. The zero-order valence-electron chi connectivity index (χ0n) is 12.5. The first kappa shape index (κ1) is 13.6. The molecule has 0 aromatic heterocycles. The molecule has 2 fully saturated rings. The highest BCUT2D eigenvalue weighted by Crippen LogP contribution is 2.50. The Hall–Kier alpha value is -1.35. The van der Waals surface area contributed by atoms with Crippen molar-refractivity contribution in [3.63, 3.8) is 0 Å². The standard InChI is InChI=1S/C17H23NO2/c1-16(2,3)12-4-6-13(7-5-12)17(8-9-17)15(20)18-10-14(19)11-18/h4-7,14,19H,8-11H2,1-3H3. The summed E-state index contributed by atoms with van der Waals surface area (Å²) < 4.78 is 0. The van der Waals surface area contributed by atoms with Gasteiger partial charge in [-0.25, -0.2) is 0 Å². The van der Waals surface area contributed by atoms with Crippen LogP contribution in [0.15, 0.2) is 24.3 Å². The number of benzene rings is 1. The van der Waals surface area contributed by atoms with Crippen LogP contribution in [-0.4, -0.2) is 35.1 Å². The Morgan fingerprint density at radius 3 is 2.15 bits per heavy atom. The van der Waals surface area contributed by atoms with Crippen molar-refractivity contribution in [1.29, 1.82) is 0 Å². The van der Waals surface area contributed by atoms with Gasteiger partial charge < -0.3 is 10.0 Å². The van der Waals surface area contributed by atoms with Crippen molar-refractivity contribution in [3.8, 4) is 0 Å². The van der Waals surface area contributed by atoms with Gasteiger partial charge in [-0.15, -0.1) is 0 Å². The summed E-state index contributed by atoms with van der Waals surface area (Å²) in [5.74, 6) is 0.200. The minimum atomic E-state index is -0.321. The van der Waals surface area contributed by atoms with Gasteiger partial charge in [-0.1, -0.05) is 45.0 Å². The van der Waals surface area contributed by atoms with Gasteiger partial charge in [0.2, 0.25) is 5.91 Å². The highest BCUT2D eigenvalue weighted by Gasteiger charge is 2.54. The van der Waals surface area contributed by atoms with E-state index in [4.69, 9.17) is 0 Å². The smallest absolute Gasteiger partial charge is 0.233 e. The summed E-state index contributed by atoms with van der Waals surface area (Å²) in [7, 11) is 0. The van der Waals surface area contributed by atoms with E-state index in [0.717, 1.165) is 18.4 Å². The maximum absolute atomic E-state index is 12.6. The summed E-state index contributed by atoms with van der Waals surface area (Å²) in [6.45, 7) is 7.59. The molecule has 0 bridgehead atoms. The predicted molar refractivity (Wildman–Crippen MR) is 78.6 cm³/mol.